The lowest BCUT2D eigenvalue weighted by molar-refractivity contribution is 0.131. The molecule has 156 valence electrons. The van der Waals surface area contributed by atoms with E-state index in [0.29, 0.717) is 6.61 Å². The highest BCUT2D eigenvalue weighted by molar-refractivity contribution is 5.87. The van der Waals surface area contributed by atoms with Crippen molar-refractivity contribution in [1.29, 1.82) is 0 Å². The van der Waals surface area contributed by atoms with E-state index in [1.165, 1.54) is 0 Å². The van der Waals surface area contributed by atoms with E-state index in [9.17, 15) is 0 Å². The molecule has 0 radical (unpaired) electrons. The van der Waals surface area contributed by atoms with E-state index in [1.807, 2.05) is 18.5 Å². The summed E-state index contributed by atoms with van der Waals surface area (Å²) in [6.45, 7) is 4.20. The van der Waals surface area contributed by atoms with E-state index in [-0.39, 0.29) is 11.5 Å². The van der Waals surface area contributed by atoms with E-state index in [0.717, 1.165) is 86.1 Å². The minimum atomic E-state index is 0.130. The fourth-order valence-corrected chi connectivity index (χ4v) is 5.10. The average Bonchev–Trinajstić information content (AvgIpc) is 3.37. The quantitative estimate of drug-likeness (QED) is 0.663. The Morgan fingerprint density at radius 2 is 2.10 bits per heavy atom. The van der Waals surface area contributed by atoms with Crippen LogP contribution in [-0.2, 0) is 11.2 Å². The van der Waals surface area contributed by atoms with Gasteiger partial charge in [-0.3, -0.25) is 10.1 Å². The fourth-order valence-electron chi connectivity index (χ4n) is 5.10. The van der Waals surface area contributed by atoms with Crippen LogP contribution in [0.4, 0.5) is 17.3 Å². The van der Waals surface area contributed by atoms with Crippen LogP contribution in [0.5, 0.6) is 0 Å². The zero-order valence-electron chi connectivity index (χ0n) is 16.9. The SMILES string of the molecule is N[C@H]1COCC12CCN(c1cnc3c(N4CCCc5ncccc54)n[nH]c3n1)CC2. The zero-order chi connectivity index (χ0) is 20.1. The van der Waals surface area contributed by atoms with Crippen LogP contribution in [-0.4, -0.2) is 64.0 Å². The van der Waals surface area contributed by atoms with E-state index in [2.05, 4.69) is 31.0 Å². The molecule has 0 aliphatic carbocycles. The highest BCUT2D eigenvalue weighted by Crippen LogP contribution is 2.39. The molecule has 2 saturated heterocycles. The molecule has 30 heavy (non-hydrogen) atoms. The third-order valence-corrected chi connectivity index (χ3v) is 7.00. The van der Waals surface area contributed by atoms with Crippen molar-refractivity contribution < 1.29 is 4.74 Å². The predicted octanol–water partition coefficient (Wildman–Crippen LogP) is 1.78. The molecule has 0 saturated carbocycles. The summed E-state index contributed by atoms with van der Waals surface area (Å²) in [6.07, 6.45) is 7.82. The molecule has 0 unspecified atom stereocenters. The summed E-state index contributed by atoms with van der Waals surface area (Å²) in [6, 6.07) is 4.22. The molecule has 0 aromatic carbocycles. The smallest absolute Gasteiger partial charge is 0.183 e. The third kappa shape index (κ3) is 2.76. The van der Waals surface area contributed by atoms with Gasteiger partial charge in [0.2, 0.25) is 0 Å². The van der Waals surface area contributed by atoms with Gasteiger partial charge in [0.25, 0.3) is 0 Å². The normalized spacial score (nSPS) is 23.3. The van der Waals surface area contributed by atoms with Crippen molar-refractivity contribution in [3.05, 3.63) is 30.2 Å². The summed E-state index contributed by atoms with van der Waals surface area (Å²) in [7, 11) is 0. The predicted molar refractivity (Wildman–Crippen MR) is 114 cm³/mol. The lowest BCUT2D eigenvalue weighted by atomic mass is 9.75. The second kappa shape index (κ2) is 6.88. The van der Waals surface area contributed by atoms with Gasteiger partial charge in [0.1, 0.15) is 5.82 Å². The summed E-state index contributed by atoms with van der Waals surface area (Å²) >= 11 is 0. The number of nitrogens with two attached hydrogens (primary N) is 1. The van der Waals surface area contributed by atoms with Gasteiger partial charge < -0.3 is 20.3 Å². The van der Waals surface area contributed by atoms with Crippen molar-refractivity contribution in [2.45, 2.75) is 31.7 Å². The van der Waals surface area contributed by atoms with Crippen molar-refractivity contribution in [3.8, 4) is 0 Å². The summed E-state index contributed by atoms with van der Waals surface area (Å²) in [4.78, 5) is 18.6. The van der Waals surface area contributed by atoms with Crippen molar-refractivity contribution >= 4 is 28.5 Å². The second-order valence-corrected chi connectivity index (χ2v) is 8.67. The maximum absolute atomic E-state index is 6.32. The number of pyridine rings is 1. The number of hydrogen-bond donors (Lipinski definition) is 2. The van der Waals surface area contributed by atoms with Gasteiger partial charge in [-0.2, -0.15) is 5.10 Å². The van der Waals surface area contributed by atoms with Gasteiger partial charge in [-0.05, 0) is 37.8 Å². The molecule has 3 aliphatic rings. The number of nitrogens with one attached hydrogen (secondary N) is 1. The minimum absolute atomic E-state index is 0.130. The van der Waals surface area contributed by atoms with Gasteiger partial charge in [-0.1, -0.05) is 0 Å². The maximum atomic E-state index is 6.32. The van der Waals surface area contributed by atoms with Crippen LogP contribution in [0.2, 0.25) is 0 Å². The Hall–Kier alpha value is -2.78. The number of H-pyrrole nitrogens is 1. The highest BCUT2D eigenvalue weighted by atomic mass is 16.5. The second-order valence-electron chi connectivity index (χ2n) is 8.67. The van der Waals surface area contributed by atoms with Crippen LogP contribution in [0.3, 0.4) is 0 Å². The topological polar surface area (TPSA) is 109 Å². The Morgan fingerprint density at radius 1 is 1.20 bits per heavy atom. The molecular weight excluding hydrogens is 380 g/mol. The van der Waals surface area contributed by atoms with Crippen LogP contribution in [0.15, 0.2) is 24.5 Å². The molecule has 2 fully saturated rings. The number of ether oxygens (including phenoxy) is 1. The number of aromatic amines is 1. The lowest BCUT2D eigenvalue weighted by Crippen LogP contribution is -2.49. The molecule has 0 amide bonds. The summed E-state index contributed by atoms with van der Waals surface area (Å²) < 4.78 is 5.64. The standard InChI is InChI=1S/C21H26N8O/c22-16-12-30-13-21(16)5-9-28(10-6-21)17-11-24-18-19(25-17)26-27-20(18)29-8-2-3-14-15(29)4-1-7-23-14/h1,4,7,11,16H,2-3,5-6,8-10,12-13,22H2,(H,25,26,27)/t16-/m0/s1. The van der Waals surface area contributed by atoms with Gasteiger partial charge in [-0.25, -0.2) is 9.97 Å². The van der Waals surface area contributed by atoms with E-state index >= 15 is 0 Å². The monoisotopic (exact) mass is 406 g/mol. The number of hydrogen-bond acceptors (Lipinski definition) is 8. The molecule has 9 nitrogen and oxygen atoms in total. The number of aromatic nitrogens is 5. The molecule has 3 aromatic heterocycles. The molecule has 3 N–H and O–H groups in total. The van der Waals surface area contributed by atoms with Crippen molar-refractivity contribution in [2.24, 2.45) is 11.1 Å². The number of nitrogens with zero attached hydrogens (tertiary/aromatic N) is 6. The van der Waals surface area contributed by atoms with Gasteiger partial charge >= 0.3 is 0 Å². The number of rotatable bonds is 2. The Balaban J connectivity index is 1.27. The van der Waals surface area contributed by atoms with Crippen molar-refractivity contribution in [2.75, 3.05) is 42.6 Å². The van der Waals surface area contributed by atoms with Gasteiger partial charge in [0.05, 0.1) is 30.8 Å². The molecule has 6 rings (SSSR count). The van der Waals surface area contributed by atoms with E-state index < -0.39 is 0 Å². The first-order valence-electron chi connectivity index (χ1n) is 10.7. The van der Waals surface area contributed by atoms with Crippen molar-refractivity contribution in [3.63, 3.8) is 0 Å². The van der Waals surface area contributed by atoms with Crippen LogP contribution in [0.25, 0.3) is 11.2 Å². The number of anilines is 3. The molecular formula is C21H26N8O. The highest BCUT2D eigenvalue weighted by Gasteiger charge is 2.44. The summed E-state index contributed by atoms with van der Waals surface area (Å²) in [5.74, 6) is 1.71. The molecule has 1 spiro atoms. The molecule has 1 atom stereocenters. The Morgan fingerprint density at radius 3 is 2.93 bits per heavy atom. The first kappa shape index (κ1) is 18.0. The van der Waals surface area contributed by atoms with Crippen LogP contribution < -0.4 is 15.5 Å². The average molecular weight is 406 g/mol. The van der Waals surface area contributed by atoms with Crippen LogP contribution in [0.1, 0.15) is 25.0 Å². The van der Waals surface area contributed by atoms with Gasteiger partial charge in [-0.15, -0.1) is 0 Å². The lowest BCUT2D eigenvalue weighted by Gasteiger charge is -2.41. The van der Waals surface area contributed by atoms with Gasteiger partial charge in [0.15, 0.2) is 17.0 Å². The molecule has 3 aliphatic heterocycles. The van der Waals surface area contributed by atoms with E-state index in [4.69, 9.17) is 20.4 Å². The Labute approximate surface area is 174 Å². The third-order valence-electron chi connectivity index (χ3n) is 7.00. The van der Waals surface area contributed by atoms with Crippen LogP contribution >= 0.6 is 0 Å². The van der Waals surface area contributed by atoms with E-state index in [1.54, 1.807) is 0 Å². The van der Waals surface area contributed by atoms with Crippen molar-refractivity contribution in [1.82, 2.24) is 25.1 Å². The molecule has 9 heteroatoms. The molecule has 0 bridgehead atoms. The largest absolute Gasteiger partial charge is 0.379 e. The molecule has 6 heterocycles. The minimum Gasteiger partial charge on any atom is -0.379 e. The number of aryl methyl sites for hydroxylation is 1. The maximum Gasteiger partial charge on any atom is 0.183 e. The summed E-state index contributed by atoms with van der Waals surface area (Å²) in [5, 5.41) is 7.67. The van der Waals surface area contributed by atoms with Crippen LogP contribution in [0, 0.1) is 5.41 Å². The first-order chi connectivity index (χ1) is 14.7. The summed E-state index contributed by atoms with van der Waals surface area (Å²) in [5.41, 5.74) is 10.2. The number of piperidine rings is 1. The Bertz CT molecular complexity index is 1070. The van der Waals surface area contributed by atoms with Gasteiger partial charge in [0, 0.05) is 37.3 Å². The fraction of sp³-hybridized carbons (Fsp3) is 0.524. The number of fused-ring (bicyclic) bond motifs is 2. The Kier molecular flexibility index (Phi) is 4.14. The first-order valence-corrected chi connectivity index (χ1v) is 10.7. The zero-order valence-corrected chi connectivity index (χ0v) is 16.9. The molecule has 3 aromatic rings.